The lowest BCUT2D eigenvalue weighted by Crippen LogP contribution is -2.33. The second-order valence-electron chi connectivity index (χ2n) is 6.09. The fourth-order valence-corrected chi connectivity index (χ4v) is 2.61. The van der Waals surface area contributed by atoms with Crippen LogP contribution in [-0.4, -0.2) is 44.2 Å². The number of benzene rings is 1. The Morgan fingerprint density at radius 1 is 1.15 bits per heavy atom. The van der Waals surface area contributed by atoms with Crippen LogP contribution >= 0.6 is 0 Å². The van der Waals surface area contributed by atoms with E-state index >= 15 is 0 Å². The maximum atomic E-state index is 12.3. The van der Waals surface area contributed by atoms with Crippen molar-refractivity contribution < 1.29 is 14.3 Å². The molecule has 1 heterocycles. The lowest BCUT2D eigenvalue weighted by atomic mass is 10.0. The first kappa shape index (κ1) is 19.9. The molecule has 0 atom stereocenters. The second kappa shape index (κ2) is 10.5. The average molecular weight is 357 g/mol. The van der Waals surface area contributed by atoms with E-state index in [9.17, 15) is 4.79 Å². The first-order valence-corrected chi connectivity index (χ1v) is 8.72. The van der Waals surface area contributed by atoms with E-state index in [0.29, 0.717) is 31.9 Å². The molecule has 0 bridgehead atoms. The van der Waals surface area contributed by atoms with Gasteiger partial charge in [-0.3, -0.25) is 9.78 Å². The quantitative estimate of drug-likeness (QED) is 0.638. The molecular weight excluding hydrogens is 330 g/mol. The largest absolute Gasteiger partial charge is 0.488 e. The molecule has 0 fully saturated rings. The van der Waals surface area contributed by atoms with Crippen LogP contribution in [0, 0.1) is 13.8 Å². The van der Waals surface area contributed by atoms with Gasteiger partial charge in [-0.15, -0.1) is 0 Å². The maximum absolute atomic E-state index is 12.3. The minimum Gasteiger partial charge on any atom is -0.488 e. The van der Waals surface area contributed by atoms with Crippen LogP contribution in [0.1, 0.15) is 27.0 Å². The number of nitrogens with one attached hydrogen (secondary N) is 2. The molecule has 0 aliphatic carbocycles. The van der Waals surface area contributed by atoms with Gasteiger partial charge >= 0.3 is 0 Å². The molecule has 0 spiro atoms. The molecule has 1 aromatic heterocycles. The number of rotatable bonds is 10. The summed E-state index contributed by atoms with van der Waals surface area (Å²) in [7, 11) is 1.66. The van der Waals surface area contributed by atoms with Gasteiger partial charge in [0.1, 0.15) is 12.4 Å². The van der Waals surface area contributed by atoms with Crippen molar-refractivity contribution in [2.75, 3.05) is 33.4 Å². The van der Waals surface area contributed by atoms with Gasteiger partial charge in [-0.25, -0.2) is 0 Å². The van der Waals surface area contributed by atoms with E-state index in [0.717, 1.165) is 29.0 Å². The number of hydrogen-bond donors (Lipinski definition) is 2. The zero-order valence-corrected chi connectivity index (χ0v) is 15.7. The zero-order chi connectivity index (χ0) is 18.8. The summed E-state index contributed by atoms with van der Waals surface area (Å²) in [4.78, 5) is 16.4. The van der Waals surface area contributed by atoms with E-state index in [1.54, 1.807) is 19.5 Å². The molecule has 0 unspecified atom stereocenters. The summed E-state index contributed by atoms with van der Waals surface area (Å²) in [5.41, 5.74) is 3.54. The van der Waals surface area contributed by atoms with E-state index in [4.69, 9.17) is 9.47 Å². The molecule has 6 nitrogen and oxygen atoms in total. The number of methoxy groups -OCH3 is 1. The smallest absolute Gasteiger partial charge is 0.251 e. The highest BCUT2D eigenvalue weighted by Gasteiger charge is 2.11. The molecule has 0 aliphatic rings. The molecule has 26 heavy (non-hydrogen) atoms. The van der Waals surface area contributed by atoms with Gasteiger partial charge < -0.3 is 20.1 Å². The van der Waals surface area contributed by atoms with Gasteiger partial charge in [0.25, 0.3) is 5.91 Å². The molecule has 2 N–H and O–H groups in total. The molecule has 6 heteroatoms. The number of hydrogen-bond acceptors (Lipinski definition) is 5. The van der Waals surface area contributed by atoms with E-state index in [1.165, 1.54) is 0 Å². The van der Waals surface area contributed by atoms with Crippen LogP contribution in [0.4, 0.5) is 0 Å². The van der Waals surface area contributed by atoms with Gasteiger partial charge in [0.15, 0.2) is 0 Å². The van der Waals surface area contributed by atoms with Crippen LogP contribution in [-0.2, 0) is 11.3 Å². The number of ether oxygens (including phenoxy) is 2. The molecule has 1 aromatic carbocycles. The lowest BCUT2D eigenvalue weighted by molar-refractivity contribution is 0.0953. The SMILES string of the molecule is COCCNCCNC(=O)c1cc(C)c(OCc2cccnc2)c(C)c1. The Balaban J connectivity index is 1.90. The van der Waals surface area contributed by atoms with Gasteiger partial charge in [-0.1, -0.05) is 6.07 Å². The summed E-state index contributed by atoms with van der Waals surface area (Å²) in [5.74, 6) is 0.732. The van der Waals surface area contributed by atoms with Crippen LogP contribution < -0.4 is 15.4 Å². The summed E-state index contributed by atoms with van der Waals surface area (Å²) in [5, 5.41) is 6.11. The molecular formula is C20H27N3O3. The van der Waals surface area contributed by atoms with Crippen molar-refractivity contribution in [3.05, 3.63) is 58.9 Å². The predicted octanol–water partition coefficient (Wildman–Crippen LogP) is 2.24. The van der Waals surface area contributed by atoms with Gasteiger partial charge in [-0.2, -0.15) is 0 Å². The Labute approximate surface area is 154 Å². The minimum absolute atomic E-state index is 0.0800. The van der Waals surface area contributed by atoms with Crippen molar-refractivity contribution in [2.45, 2.75) is 20.5 Å². The van der Waals surface area contributed by atoms with Gasteiger partial charge in [0.2, 0.25) is 0 Å². The van der Waals surface area contributed by atoms with Crippen molar-refractivity contribution in [3.63, 3.8) is 0 Å². The first-order chi connectivity index (χ1) is 12.6. The third-order valence-corrected chi connectivity index (χ3v) is 3.90. The Hall–Kier alpha value is -2.44. The van der Waals surface area contributed by atoms with E-state index in [-0.39, 0.29) is 5.91 Å². The van der Waals surface area contributed by atoms with Crippen LogP contribution in [0.25, 0.3) is 0 Å². The molecule has 1 amide bonds. The maximum Gasteiger partial charge on any atom is 0.251 e. The number of carbonyl (C=O) groups excluding carboxylic acids is 1. The predicted molar refractivity (Wildman–Crippen MR) is 102 cm³/mol. The van der Waals surface area contributed by atoms with Gasteiger partial charge in [0, 0.05) is 50.3 Å². The van der Waals surface area contributed by atoms with Gasteiger partial charge in [0.05, 0.1) is 6.61 Å². The van der Waals surface area contributed by atoms with Crippen LogP contribution in [0.15, 0.2) is 36.7 Å². The highest BCUT2D eigenvalue weighted by atomic mass is 16.5. The normalized spacial score (nSPS) is 10.6. The first-order valence-electron chi connectivity index (χ1n) is 8.72. The van der Waals surface area contributed by atoms with Crippen molar-refractivity contribution >= 4 is 5.91 Å². The van der Waals surface area contributed by atoms with E-state index in [1.807, 2.05) is 38.1 Å². The van der Waals surface area contributed by atoms with Crippen molar-refractivity contribution in [3.8, 4) is 5.75 Å². The highest BCUT2D eigenvalue weighted by Crippen LogP contribution is 2.25. The highest BCUT2D eigenvalue weighted by molar-refractivity contribution is 5.94. The summed E-state index contributed by atoms with van der Waals surface area (Å²) in [6.07, 6.45) is 3.52. The van der Waals surface area contributed by atoms with Crippen LogP contribution in [0.3, 0.4) is 0 Å². The number of amides is 1. The Kier molecular flexibility index (Phi) is 8.05. The summed E-state index contributed by atoms with van der Waals surface area (Å²) in [6.45, 7) is 7.07. The third kappa shape index (κ3) is 6.13. The molecule has 0 saturated heterocycles. The third-order valence-electron chi connectivity index (χ3n) is 3.90. The molecule has 0 radical (unpaired) electrons. The Bertz CT molecular complexity index is 682. The Morgan fingerprint density at radius 2 is 1.92 bits per heavy atom. The number of aryl methyl sites for hydroxylation is 2. The number of nitrogens with zero attached hydrogens (tertiary/aromatic N) is 1. The summed E-state index contributed by atoms with van der Waals surface area (Å²) >= 11 is 0. The minimum atomic E-state index is -0.0800. The molecule has 0 saturated carbocycles. The molecule has 0 aliphatic heterocycles. The average Bonchev–Trinajstić information content (AvgIpc) is 2.64. The fraction of sp³-hybridized carbons (Fsp3) is 0.400. The van der Waals surface area contributed by atoms with E-state index in [2.05, 4.69) is 15.6 Å². The second-order valence-corrected chi connectivity index (χ2v) is 6.09. The van der Waals surface area contributed by atoms with Gasteiger partial charge in [-0.05, 0) is 43.2 Å². The number of carbonyl (C=O) groups is 1. The summed E-state index contributed by atoms with van der Waals surface area (Å²) in [6, 6.07) is 7.58. The standard InChI is InChI=1S/C20H27N3O3/c1-15-11-18(20(24)23-8-7-21-9-10-25-3)12-16(2)19(15)26-14-17-5-4-6-22-13-17/h4-6,11-13,21H,7-10,14H2,1-3H3,(H,23,24). The monoisotopic (exact) mass is 357 g/mol. The number of aromatic nitrogens is 1. The van der Waals surface area contributed by atoms with Crippen molar-refractivity contribution in [1.29, 1.82) is 0 Å². The molecule has 140 valence electrons. The van der Waals surface area contributed by atoms with Crippen molar-refractivity contribution in [2.24, 2.45) is 0 Å². The fourth-order valence-electron chi connectivity index (χ4n) is 2.61. The van der Waals surface area contributed by atoms with Crippen LogP contribution in [0.5, 0.6) is 5.75 Å². The zero-order valence-electron chi connectivity index (χ0n) is 15.7. The number of pyridine rings is 1. The Morgan fingerprint density at radius 3 is 2.58 bits per heavy atom. The molecule has 2 rings (SSSR count). The van der Waals surface area contributed by atoms with Crippen LogP contribution in [0.2, 0.25) is 0 Å². The topological polar surface area (TPSA) is 72.5 Å². The summed E-state index contributed by atoms with van der Waals surface area (Å²) < 4.78 is 10.9. The van der Waals surface area contributed by atoms with E-state index < -0.39 is 0 Å². The van der Waals surface area contributed by atoms with Crippen molar-refractivity contribution in [1.82, 2.24) is 15.6 Å². The lowest BCUT2D eigenvalue weighted by Gasteiger charge is -2.14. The molecule has 2 aromatic rings.